The van der Waals surface area contributed by atoms with E-state index in [-0.39, 0.29) is 0 Å². The van der Waals surface area contributed by atoms with Crippen LogP contribution < -0.4 is 5.43 Å². The number of nitro groups is 1. The van der Waals surface area contributed by atoms with E-state index in [1.165, 1.54) is 7.05 Å². The van der Waals surface area contributed by atoms with Crippen LogP contribution in [-0.4, -0.2) is 12.1 Å². The number of hydrogen-bond donors (Lipinski definition) is 1. The minimum absolute atomic E-state index is 0.625. The van der Waals surface area contributed by atoms with Gasteiger partial charge in [0.15, 0.2) is 5.03 Å². The Labute approximate surface area is 28.9 Å². The average molecular weight is 78.0 g/mol. The molecule has 0 unspecified atom stereocenters. The molecule has 0 aromatic carbocycles. The topological polar surface area (TPSA) is 55.2 Å². The molecule has 0 saturated carbocycles. The van der Waals surface area contributed by atoms with Crippen molar-refractivity contribution in [1.82, 2.24) is 5.43 Å². The smallest absolute Gasteiger partial charge is 0.157 e. The molecule has 0 bridgehead atoms. The lowest BCUT2D eigenvalue weighted by atomic mass is 12.5. The van der Waals surface area contributed by atoms with Crippen molar-refractivity contribution in [3.8, 4) is 0 Å². The maximum Gasteiger partial charge on any atom is 0.157 e. The van der Waals surface area contributed by atoms with Crippen LogP contribution in [0, 0.1) is 10.1 Å². The van der Waals surface area contributed by atoms with Crippen molar-refractivity contribution in [2.45, 2.75) is 0 Å². The predicted molar refractivity (Wildman–Crippen MR) is 16.1 cm³/mol. The number of hydrazine groups is 1. The van der Waals surface area contributed by atoms with Gasteiger partial charge in [-0.25, -0.2) is 10.1 Å². The zero-order valence-corrected chi connectivity index (χ0v) is 2.76. The van der Waals surface area contributed by atoms with E-state index < -0.39 is 5.03 Å². The standard InChI is InChI=1S/CH4N2O2/c1-2-3(4)5/h2H,1H3/i1+2. The Morgan fingerprint density at radius 3 is 2.20 bits per heavy atom. The van der Waals surface area contributed by atoms with Crippen molar-refractivity contribution in [2.75, 3.05) is 7.05 Å². The fourth-order valence-corrected chi connectivity index (χ4v) is 0. The van der Waals surface area contributed by atoms with E-state index in [9.17, 15) is 0 Å². The van der Waals surface area contributed by atoms with Crippen LogP contribution in [0.4, 0.5) is 0 Å². The van der Waals surface area contributed by atoms with Gasteiger partial charge in [-0.2, -0.15) is 0 Å². The molecule has 0 aliphatic carbocycles. The summed E-state index contributed by atoms with van der Waals surface area (Å²) in [6.45, 7) is 0. The van der Waals surface area contributed by atoms with Gasteiger partial charge in [-0.05, 0) is 0 Å². The third-order valence-corrected chi connectivity index (χ3v) is 0.183. The normalized spacial score (nSPS) is 6.60. The van der Waals surface area contributed by atoms with Gasteiger partial charge < -0.3 is 0 Å². The summed E-state index contributed by atoms with van der Waals surface area (Å²) in [5, 5.41) is 8.44. The minimum Gasteiger partial charge on any atom is -0.235 e. The SMILES string of the molecule is [14CH3]N[N+](=O)[O-]. The first-order valence-electron chi connectivity index (χ1n) is 1.09. The molecule has 5 heavy (non-hydrogen) atoms. The summed E-state index contributed by atoms with van der Waals surface area (Å²) >= 11 is 0. The maximum absolute atomic E-state index is 9.06. The largest absolute Gasteiger partial charge is 0.235 e. The molecule has 0 saturated heterocycles. The number of nitrogens with zero attached hydrogens (tertiary/aromatic N) is 1. The Morgan fingerprint density at radius 2 is 2.20 bits per heavy atom. The highest BCUT2D eigenvalue weighted by Crippen LogP contribution is 1.41. The van der Waals surface area contributed by atoms with Crippen molar-refractivity contribution >= 4 is 0 Å². The fraction of sp³-hybridized carbons (Fsp3) is 1.00. The first-order valence-corrected chi connectivity index (χ1v) is 1.09. The van der Waals surface area contributed by atoms with Crippen molar-refractivity contribution in [3.63, 3.8) is 0 Å². The molecule has 30 valence electrons. The van der Waals surface area contributed by atoms with Crippen LogP contribution >= 0.6 is 0 Å². The van der Waals surface area contributed by atoms with Gasteiger partial charge in [0.05, 0.1) is 7.05 Å². The molecule has 0 aliphatic rings. The zero-order valence-electron chi connectivity index (χ0n) is 2.76. The van der Waals surface area contributed by atoms with Crippen LogP contribution in [0.25, 0.3) is 0 Å². The third kappa shape index (κ3) is 3.20. The van der Waals surface area contributed by atoms with Gasteiger partial charge in [0.25, 0.3) is 0 Å². The molecular weight excluding hydrogens is 74.0 g/mol. The summed E-state index contributed by atoms with van der Waals surface area (Å²) in [6.07, 6.45) is 0. The van der Waals surface area contributed by atoms with E-state index in [1.54, 1.807) is 5.43 Å². The van der Waals surface area contributed by atoms with Gasteiger partial charge in [0, 0.05) is 0 Å². The molecule has 0 aliphatic heterocycles. The summed E-state index contributed by atoms with van der Waals surface area (Å²) in [7, 11) is 1.25. The quantitative estimate of drug-likeness (QED) is 0.336. The number of nitrogens with one attached hydrogen (secondary N) is 1. The van der Waals surface area contributed by atoms with Gasteiger partial charge in [0.1, 0.15) is 0 Å². The highest BCUT2D eigenvalue weighted by atomic mass is 16.7. The lowest BCUT2D eigenvalue weighted by molar-refractivity contribution is -0.538. The fourth-order valence-electron chi connectivity index (χ4n) is 0. The van der Waals surface area contributed by atoms with Crippen molar-refractivity contribution in [1.29, 1.82) is 0 Å². The zero-order chi connectivity index (χ0) is 4.28. The third-order valence-electron chi connectivity index (χ3n) is 0.183. The number of hydrogen-bond acceptors (Lipinski definition) is 2. The van der Waals surface area contributed by atoms with E-state index in [1.807, 2.05) is 0 Å². The van der Waals surface area contributed by atoms with Gasteiger partial charge in [-0.1, -0.05) is 0 Å². The predicted octanol–water partition coefficient (Wildman–Crippen LogP) is -0.602. The molecule has 0 rings (SSSR count). The first-order chi connectivity index (χ1) is 2.27. The molecule has 0 heterocycles. The number of rotatable bonds is 1. The summed E-state index contributed by atoms with van der Waals surface area (Å²) in [5.74, 6) is 0. The summed E-state index contributed by atoms with van der Waals surface area (Å²) in [5.41, 5.74) is 1.75. The summed E-state index contributed by atoms with van der Waals surface area (Å²) in [6, 6.07) is 0. The monoisotopic (exact) mass is 78.0 g/mol. The van der Waals surface area contributed by atoms with Gasteiger partial charge >= 0.3 is 0 Å². The first kappa shape index (κ1) is 4.20. The second-order valence-electron chi connectivity index (χ2n) is 0.481. The van der Waals surface area contributed by atoms with Crippen molar-refractivity contribution < 1.29 is 5.03 Å². The van der Waals surface area contributed by atoms with E-state index in [2.05, 4.69) is 0 Å². The lowest BCUT2D eigenvalue weighted by Gasteiger charge is -1.76. The van der Waals surface area contributed by atoms with Crippen molar-refractivity contribution in [2.24, 2.45) is 0 Å². The van der Waals surface area contributed by atoms with E-state index in [4.69, 9.17) is 10.1 Å². The molecule has 0 fully saturated rings. The van der Waals surface area contributed by atoms with Crippen LogP contribution in [0.1, 0.15) is 0 Å². The Morgan fingerprint density at radius 1 is 2.00 bits per heavy atom. The van der Waals surface area contributed by atoms with Crippen LogP contribution in [0.15, 0.2) is 0 Å². The van der Waals surface area contributed by atoms with Crippen molar-refractivity contribution in [3.05, 3.63) is 10.1 Å². The Balaban J connectivity index is 2.85. The average Bonchev–Trinajstić information content (AvgIpc) is 1.38. The molecule has 0 aromatic heterocycles. The van der Waals surface area contributed by atoms with Gasteiger partial charge in [-0.15, -0.1) is 5.43 Å². The molecule has 1 N–H and O–H groups in total. The Hall–Kier alpha value is -0.800. The molecule has 0 aromatic rings. The Kier molecular flexibility index (Phi) is 1.27. The molecule has 0 radical (unpaired) electrons. The van der Waals surface area contributed by atoms with Gasteiger partial charge in [-0.3, -0.25) is 0 Å². The maximum atomic E-state index is 9.06. The lowest BCUT2D eigenvalue weighted by Crippen LogP contribution is -2.13. The second-order valence-corrected chi connectivity index (χ2v) is 0.481. The highest BCUT2D eigenvalue weighted by Gasteiger charge is 1.72. The van der Waals surface area contributed by atoms with Crippen LogP contribution in [0.5, 0.6) is 0 Å². The van der Waals surface area contributed by atoms with Gasteiger partial charge in [0.2, 0.25) is 0 Å². The summed E-state index contributed by atoms with van der Waals surface area (Å²) < 4.78 is 0. The van der Waals surface area contributed by atoms with E-state index >= 15 is 0 Å². The van der Waals surface area contributed by atoms with E-state index in [0.29, 0.717) is 0 Å². The van der Waals surface area contributed by atoms with E-state index in [0.717, 1.165) is 0 Å². The van der Waals surface area contributed by atoms with Crippen LogP contribution in [0.3, 0.4) is 0 Å². The minimum atomic E-state index is -0.625. The molecule has 4 nitrogen and oxygen atoms in total. The summed E-state index contributed by atoms with van der Waals surface area (Å²) in [4.78, 5) is 9.06. The molecule has 4 heteroatoms. The van der Waals surface area contributed by atoms with Crippen LogP contribution in [-0.2, 0) is 0 Å². The second kappa shape index (κ2) is 1.51. The molecule has 0 atom stereocenters. The molecule has 0 spiro atoms. The molecular formula is CH4N2O2. The Bertz CT molecular complexity index is 42.9. The van der Waals surface area contributed by atoms with Crippen LogP contribution in [0.2, 0.25) is 0 Å². The highest BCUT2D eigenvalue weighted by molar-refractivity contribution is 3.95. The molecule has 0 amide bonds.